The Morgan fingerprint density at radius 1 is 1.21 bits per heavy atom. The summed E-state index contributed by atoms with van der Waals surface area (Å²) >= 11 is 1.42. The fourth-order valence-corrected chi connectivity index (χ4v) is 2.48. The summed E-state index contributed by atoms with van der Waals surface area (Å²) in [5, 5.41) is 3.27. The van der Waals surface area contributed by atoms with Crippen molar-refractivity contribution in [3.63, 3.8) is 0 Å². The number of nitrogens with one attached hydrogen (secondary N) is 1. The Balaban J connectivity index is 2.03. The molecule has 0 amide bonds. The van der Waals surface area contributed by atoms with Crippen LogP contribution in [0.1, 0.15) is 18.9 Å². The number of halogens is 1. The Labute approximate surface area is 117 Å². The lowest BCUT2D eigenvalue weighted by Crippen LogP contribution is -2.13. The maximum Gasteiger partial charge on any atom is 0.137 e. The largest absolute Gasteiger partial charge is 0.313 e. The van der Waals surface area contributed by atoms with Crippen LogP contribution in [-0.4, -0.2) is 11.5 Å². The normalized spacial score (nSPS) is 10.6. The molecule has 0 saturated carbocycles. The summed E-state index contributed by atoms with van der Waals surface area (Å²) in [6, 6.07) is 9.16. The summed E-state index contributed by atoms with van der Waals surface area (Å²) < 4.78 is 14.0. The van der Waals surface area contributed by atoms with Crippen LogP contribution >= 0.6 is 11.8 Å². The second-order valence-corrected chi connectivity index (χ2v) is 5.34. The SMILES string of the molecule is CCCNCc1ccc(Sc2ccncc2)c(F)c1. The van der Waals surface area contributed by atoms with E-state index in [0.29, 0.717) is 11.4 Å². The number of nitrogens with zero attached hydrogens (tertiary/aromatic N) is 1. The first kappa shape index (κ1) is 14.0. The van der Waals surface area contributed by atoms with Gasteiger partial charge in [0.1, 0.15) is 5.82 Å². The Bertz CT molecular complexity index is 517. The van der Waals surface area contributed by atoms with Gasteiger partial charge in [0.15, 0.2) is 0 Å². The van der Waals surface area contributed by atoms with Crippen LogP contribution in [-0.2, 0) is 6.54 Å². The van der Waals surface area contributed by atoms with Crippen LogP contribution in [0.25, 0.3) is 0 Å². The summed E-state index contributed by atoms with van der Waals surface area (Å²) in [7, 11) is 0. The Morgan fingerprint density at radius 3 is 2.68 bits per heavy atom. The lowest BCUT2D eigenvalue weighted by Gasteiger charge is -2.07. The smallest absolute Gasteiger partial charge is 0.137 e. The summed E-state index contributed by atoms with van der Waals surface area (Å²) in [4.78, 5) is 5.59. The lowest BCUT2D eigenvalue weighted by molar-refractivity contribution is 0.595. The van der Waals surface area contributed by atoms with Gasteiger partial charge in [0.2, 0.25) is 0 Å². The van der Waals surface area contributed by atoms with Crippen LogP contribution in [0.4, 0.5) is 4.39 Å². The van der Waals surface area contributed by atoms with Crippen molar-refractivity contribution in [1.82, 2.24) is 10.3 Å². The van der Waals surface area contributed by atoms with Crippen molar-refractivity contribution in [2.45, 2.75) is 29.7 Å². The predicted molar refractivity (Wildman–Crippen MR) is 76.8 cm³/mol. The Kier molecular flexibility index (Phi) is 5.36. The highest BCUT2D eigenvalue weighted by Gasteiger charge is 2.05. The van der Waals surface area contributed by atoms with Gasteiger partial charge in [-0.15, -0.1) is 0 Å². The van der Waals surface area contributed by atoms with Crippen molar-refractivity contribution < 1.29 is 4.39 Å². The van der Waals surface area contributed by atoms with E-state index < -0.39 is 0 Å². The van der Waals surface area contributed by atoms with Gasteiger partial charge in [-0.05, 0) is 42.8 Å². The quantitative estimate of drug-likeness (QED) is 0.811. The number of pyridine rings is 1. The van der Waals surface area contributed by atoms with Crippen molar-refractivity contribution in [2.24, 2.45) is 0 Å². The lowest BCUT2D eigenvalue weighted by atomic mass is 10.2. The first-order chi connectivity index (χ1) is 9.29. The minimum Gasteiger partial charge on any atom is -0.313 e. The molecule has 1 aromatic heterocycles. The molecule has 19 heavy (non-hydrogen) atoms. The molecule has 0 saturated heterocycles. The topological polar surface area (TPSA) is 24.9 Å². The van der Waals surface area contributed by atoms with Crippen LogP contribution in [0.15, 0.2) is 52.5 Å². The third kappa shape index (κ3) is 4.33. The van der Waals surface area contributed by atoms with Crippen LogP contribution in [0.5, 0.6) is 0 Å². The van der Waals surface area contributed by atoms with Gasteiger partial charge in [-0.1, -0.05) is 24.8 Å². The van der Waals surface area contributed by atoms with Crippen molar-refractivity contribution in [3.05, 3.63) is 54.1 Å². The monoisotopic (exact) mass is 276 g/mol. The second kappa shape index (κ2) is 7.26. The number of benzene rings is 1. The fourth-order valence-electron chi connectivity index (χ4n) is 1.68. The molecule has 0 atom stereocenters. The van der Waals surface area contributed by atoms with E-state index in [4.69, 9.17) is 0 Å². The van der Waals surface area contributed by atoms with Crippen LogP contribution < -0.4 is 5.32 Å². The zero-order chi connectivity index (χ0) is 13.5. The molecule has 100 valence electrons. The average molecular weight is 276 g/mol. The standard InChI is InChI=1S/C15H17FN2S/c1-2-7-18-11-12-3-4-15(14(16)10-12)19-13-5-8-17-9-6-13/h3-6,8-10,18H,2,7,11H2,1H3. The van der Waals surface area contributed by atoms with E-state index in [-0.39, 0.29) is 5.82 Å². The molecule has 0 fully saturated rings. The molecule has 1 aromatic carbocycles. The molecule has 2 nitrogen and oxygen atoms in total. The van der Waals surface area contributed by atoms with E-state index in [1.807, 2.05) is 24.3 Å². The highest BCUT2D eigenvalue weighted by Crippen LogP contribution is 2.29. The van der Waals surface area contributed by atoms with E-state index in [0.717, 1.165) is 23.4 Å². The van der Waals surface area contributed by atoms with Gasteiger partial charge in [0, 0.05) is 28.7 Å². The molecule has 0 bridgehead atoms. The zero-order valence-electron chi connectivity index (χ0n) is 10.9. The maximum atomic E-state index is 14.0. The molecule has 4 heteroatoms. The van der Waals surface area contributed by atoms with Crippen molar-refractivity contribution >= 4 is 11.8 Å². The minimum absolute atomic E-state index is 0.169. The van der Waals surface area contributed by atoms with E-state index in [9.17, 15) is 4.39 Å². The molecule has 0 aliphatic rings. The molecule has 1 heterocycles. The van der Waals surface area contributed by atoms with E-state index in [2.05, 4.69) is 17.2 Å². The molecule has 0 radical (unpaired) electrons. The molecule has 0 aliphatic carbocycles. The summed E-state index contributed by atoms with van der Waals surface area (Å²) in [6.45, 7) is 3.78. The van der Waals surface area contributed by atoms with E-state index in [1.54, 1.807) is 18.5 Å². The van der Waals surface area contributed by atoms with Gasteiger partial charge in [0.25, 0.3) is 0 Å². The molecule has 2 rings (SSSR count). The van der Waals surface area contributed by atoms with Gasteiger partial charge in [0.05, 0.1) is 0 Å². The molecule has 0 unspecified atom stereocenters. The van der Waals surface area contributed by atoms with Crippen molar-refractivity contribution in [2.75, 3.05) is 6.54 Å². The van der Waals surface area contributed by atoms with Crippen molar-refractivity contribution in [3.8, 4) is 0 Å². The predicted octanol–water partition coefficient (Wildman–Crippen LogP) is 3.87. The van der Waals surface area contributed by atoms with Crippen molar-refractivity contribution in [1.29, 1.82) is 0 Å². The van der Waals surface area contributed by atoms with Crippen LogP contribution in [0.3, 0.4) is 0 Å². The average Bonchev–Trinajstić information content (AvgIpc) is 2.43. The Morgan fingerprint density at radius 2 is 2.00 bits per heavy atom. The summed E-state index contributed by atoms with van der Waals surface area (Å²) in [5.41, 5.74) is 0.977. The van der Waals surface area contributed by atoms with E-state index >= 15 is 0 Å². The van der Waals surface area contributed by atoms with Gasteiger partial charge >= 0.3 is 0 Å². The molecular weight excluding hydrogens is 259 g/mol. The second-order valence-electron chi connectivity index (χ2n) is 4.23. The maximum absolute atomic E-state index is 14.0. The summed E-state index contributed by atoms with van der Waals surface area (Å²) in [6.07, 6.45) is 4.50. The van der Waals surface area contributed by atoms with Gasteiger partial charge in [-0.2, -0.15) is 0 Å². The number of hydrogen-bond donors (Lipinski definition) is 1. The summed E-state index contributed by atoms with van der Waals surface area (Å²) in [5.74, 6) is -0.169. The minimum atomic E-state index is -0.169. The van der Waals surface area contributed by atoms with Crippen LogP contribution in [0, 0.1) is 5.82 Å². The fraction of sp³-hybridized carbons (Fsp3) is 0.267. The molecule has 2 aromatic rings. The third-order valence-corrected chi connectivity index (χ3v) is 3.69. The third-order valence-electron chi connectivity index (χ3n) is 2.63. The Hall–Kier alpha value is -1.39. The van der Waals surface area contributed by atoms with Gasteiger partial charge < -0.3 is 5.32 Å². The first-order valence-electron chi connectivity index (χ1n) is 6.36. The molecule has 1 N–H and O–H groups in total. The number of aromatic nitrogens is 1. The van der Waals surface area contributed by atoms with Crippen LogP contribution in [0.2, 0.25) is 0 Å². The van der Waals surface area contributed by atoms with Gasteiger partial charge in [-0.3, -0.25) is 4.98 Å². The molecule has 0 spiro atoms. The van der Waals surface area contributed by atoms with E-state index in [1.165, 1.54) is 11.8 Å². The number of rotatable bonds is 6. The highest BCUT2D eigenvalue weighted by atomic mass is 32.2. The highest BCUT2D eigenvalue weighted by molar-refractivity contribution is 7.99. The first-order valence-corrected chi connectivity index (χ1v) is 7.18. The number of hydrogen-bond acceptors (Lipinski definition) is 3. The molecule has 0 aliphatic heterocycles. The van der Waals surface area contributed by atoms with Gasteiger partial charge in [-0.25, -0.2) is 4.39 Å². The molecular formula is C15H17FN2S. The zero-order valence-corrected chi connectivity index (χ0v) is 11.7.